The van der Waals surface area contributed by atoms with Crippen molar-refractivity contribution in [1.82, 2.24) is 19.6 Å². The van der Waals surface area contributed by atoms with E-state index in [1.54, 1.807) is 0 Å². The predicted octanol–water partition coefficient (Wildman–Crippen LogP) is -0.744. The van der Waals surface area contributed by atoms with Crippen molar-refractivity contribution >= 4 is 11.8 Å². The first-order valence-corrected chi connectivity index (χ1v) is 10.2. The number of ether oxygens (including phenoxy) is 1. The van der Waals surface area contributed by atoms with Crippen LogP contribution >= 0.6 is 0 Å². The number of aliphatic hydroxyl groups is 1. The van der Waals surface area contributed by atoms with E-state index in [2.05, 4.69) is 28.5 Å². The Morgan fingerprint density at radius 3 is 1.68 bits per heavy atom. The highest BCUT2D eigenvalue weighted by atomic mass is 16.6. The van der Waals surface area contributed by atoms with Gasteiger partial charge in [0.1, 0.15) is 6.61 Å². The molecule has 9 heteroatoms. The van der Waals surface area contributed by atoms with Crippen LogP contribution in [0.4, 0.5) is 0 Å². The van der Waals surface area contributed by atoms with E-state index in [1.807, 2.05) is 4.90 Å². The molecule has 1 saturated heterocycles. The number of hydrogen-bond acceptors (Lipinski definition) is 8. The molecular formula is C19H38N4O5. The summed E-state index contributed by atoms with van der Waals surface area (Å²) >= 11 is 0. The summed E-state index contributed by atoms with van der Waals surface area (Å²) in [5.74, 6) is -0.957. The number of aliphatic hydroxyl groups excluding tert-OH is 1. The standard InChI is InChI=1S/C19H38N4O5/c1-4-20-6-7-21(5-2)9-11-23(15-19(27)28-16-17(3)24)13-12-22(10-8-20)14-18(25)26/h19,27H,4-16H2,1-3H3,(H,25,26). The van der Waals surface area contributed by atoms with Crippen LogP contribution in [0.1, 0.15) is 20.8 Å². The lowest BCUT2D eigenvalue weighted by Crippen LogP contribution is -2.48. The topological polar surface area (TPSA) is 96.8 Å². The Morgan fingerprint density at radius 1 is 0.857 bits per heavy atom. The lowest BCUT2D eigenvalue weighted by Gasteiger charge is -2.33. The number of nitrogens with zero attached hydrogens (tertiary/aromatic N) is 4. The first-order valence-electron chi connectivity index (χ1n) is 10.2. The number of Topliss-reactive ketones (excluding diaryl/α,β-unsaturated/α-hetero) is 1. The van der Waals surface area contributed by atoms with Crippen molar-refractivity contribution in [3.05, 3.63) is 0 Å². The number of carboxylic acid groups (broad SMARTS) is 1. The molecule has 1 unspecified atom stereocenters. The summed E-state index contributed by atoms with van der Waals surface area (Å²) in [6.45, 7) is 14.1. The molecule has 0 saturated carbocycles. The van der Waals surface area contributed by atoms with Crippen molar-refractivity contribution in [1.29, 1.82) is 0 Å². The molecule has 0 amide bonds. The molecule has 2 N–H and O–H groups in total. The first kappa shape index (κ1) is 24.9. The molecule has 1 fully saturated rings. The maximum atomic E-state index is 11.2. The van der Waals surface area contributed by atoms with Crippen LogP contribution in [0.2, 0.25) is 0 Å². The van der Waals surface area contributed by atoms with Gasteiger partial charge in [-0.15, -0.1) is 0 Å². The minimum atomic E-state index is -1.03. The van der Waals surface area contributed by atoms with Crippen LogP contribution in [0.25, 0.3) is 0 Å². The Bertz CT molecular complexity index is 466. The molecule has 0 bridgehead atoms. The van der Waals surface area contributed by atoms with E-state index in [1.165, 1.54) is 6.92 Å². The van der Waals surface area contributed by atoms with Gasteiger partial charge in [0.05, 0.1) is 6.54 Å². The third-order valence-electron chi connectivity index (χ3n) is 5.08. The van der Waals surface area contributed by atoms with Crippen molar-refractivity contribution in [2.75, 3.05) is 85.1 Å². The summed E-state index contributed by atoms with van der Waals surface area (Å²) < 4.78 is 5.19. The third-order valence-corrected chi connectivity index (χ3v) is 5.08. The van der Waals surface area contributed by atoms with Gasteiger partial charge in [-0.05, 0) is 20.0 Å². The van der Waals surface area contributed by atoms with Gasteiger partial charge < -0.3 is 24.7 Å². The second-order valence-electron chi connectivity index (χ2n) is 7.31. The van der Waals surface area contributed by atoms with Crippen LogP contribution in [0.3, 0.4) is 0 Å². The van der Waals surface area contributed by atoms with E-state index >= 15 is 0 Å². The fourth-order valence-electron chi connectivity index (χ4n) is 3.23. The van der Waals surface area contributed by atoms with Gasteiger partial charge in [0.25, 0.3) is 0 Å². The molecule has 1 aliphatic rings. The van der Waals surface area contributed by atoms with Gasteiger partial charge in [0.15, 0.2) is 12.1 Å². The molecule has 9 nitrogen and oxygen atoms in total. The molecule has 1 rings (SSSR count). The fourth-order valence-corrected chi connectivity index (χ4v) is 3.23. The van der Waals surface area contributed by atoms with Crippen LogP contribution in [0.15, 0.2) is 0 Å². The average Bonchev–Trinajstić information content (AvgIpc) is 2.64. The fraction of sp³-hybridized carbons (Fsp3) is 0.895. The second kappa shape index (κ2) is 14.0. The molecule has 0 aromatic rings. The average molecular weight is 403 g/mol. The van der Waals surface area contributed by atoms with Crippen molar-refractivity contribution in [2.45, 2.75) is 27.1 Å². The third kappa shape index (κ3) is 11.0. The minimum Gasteiger partial charge on any atom is -0.480 e. The van der Waals surface area contributed by atoms with Gasteiger partial charge in [-0.3, -0.25) is 19.4 Å². The van der Waals surface area contributed by atoms with Crippen LogP contribution in [-0.2, 0) is 14.3 Å². The summed E-state index contributed by atoms with van der Waals surface area (Å²) in [6.07, 6.45) is -1.03. The highest BCUT2D eigenvalue weighted by molar-refractivity contribution is 5.76. The van der Waals surface area contributed by atoms with Gasteiger partial charge in [-0.1, -0.05) is 13.8 Å². The number of carbonyl (C=O) groups is 2. The van der Waals surface area contributed by atoms with Crippen molar-refractivity contribution in [2.24, 2.45) is 0 Å². The Hall–Kier alpha value is -1.10. The van der Waals surface area contributed by atoms with E-state index in [0.717, 1.165) is 45.8 Å². The first-order chi connectivity index (χ1) is 13.3. The molecule has 1 atom stereocenters. The van der Waals surface area contributed by atoms with E-state index in [0.29, 0.717) is 26.2 Å². The SMILES string of the molecule is CCN1CCN(CC)CCN(CC(O)OCC(C)=O)CCN(CC(=O)O)CC1. The molecule has 0 aromatic carbocycles. The molecule has 1 heterocycles. The normalized spacial score (nSPS) is 21.0. The number of carboxylic acids is 1. The molecule has 0 aromatic heterocycles. The molecule has 28 heavy (non-hydrogen) atoms. The van der Waals surface area contributed by atoms with E-state index in [9.17, 15) is 19.8 Å². The number of aliphatic carboxylic acids is 1. The van der Waals surface area contributed by atoms with Crippen molar-refractivity contribution < 1.29 is 24.5 Å². The van der Waals surface area contributed by atoms with Crippen LogP contribution in [-0.4, -0.2) is 133 Å². The van der Waals surface area contributed by atoms with Gasteiger partial charge in [0, 0.05) is 58.9 Å². The number of hydrogen-bond donors (Lipinski definition) is 2. The lowest BCUT2D eigenvalue weighted by atomic mass is 10.3. The predicted molar refractivity (Wildman–Crippen MR) is 107 cm³/mol. The highest BCUT2D eigenvalue weighted by Gasteiger charge is 2.19. The maximum absolute atomic E-state index is 11.2. The van der Waals surface area contributed by atoms with Gasteiger partial charge in [0.2, 0.25) is 0 Å². The molecular weight excluding hydrogens is 364 g/mol. The Labute approximate surface area is 168 Å². The zero-order valence-electron chi connectivity index (χ0n) is 17.7. The van der Waals surface area contributed by atoms with Crippen molar-refractivity contribution in [3.63, 3.8) is 0 Å². The van der Waals surface area contributed by atoms with E-state index < -0.39 is 12.3 Å². The Morgan fingerprint density at radius 2 is 1.29 bits per heavy atom. The highest BCUT2D eigenvalue weighted by Crippen LogP contribution is 2.02. The van der Waals surface area contributed by atoms with E-state index in [4.69, 9.17) is 4.74 Å². The summed E-state index contributed by atoms with van der Waals surface area (Å²) in [6, 6.07) is 0. The zero-order valence-corrected chi connectivity index (χ0v) is 17.7. The zero-order chi connectivity index (χ0) is 20.9. The smallest absolute Gasteiger partial charge is 0.317 e. The summed E-state index contributed by atoms with van der Waals surface area (Å²) in [4.78, 5) is 31.0. The monoisotopic (exact) mass is 402 g/mol. The van der Waals surface area contributed by atoms with Crippen LogP contribution in [0, 0.1) is 0 Å². The molecule has 0 spiro atoms. The lowest BCUT2D eigenvalue weighted by molar-refractivity contribution is -0.141. The Kier molecular flexibility index (Phi) is 12.4. The largest absolute Gasteiger partial charge is 0.480 e. The van der Waals surface area contributed by atoms with Crippen LogP contribution < -0.4 is 0 Å². The number of β-amino-alcohol motifs (C(OH)–C–C–N with tert-alkyl or cyclic N) is 1. The number of carbonyl (C=O) groups excluding carboxylic acids is 1. The number of rotatable bonds is 9. The van der Waals surface area contributed by atoms with Crippen LogP contribution in [0.5, 0.6) is 0 Å². The van der Waals surface area contributed by atoms with Crippen molar-refractivity contribution in [3.8, 4) is 0 Å². The molecule has 0 aliphatic carbocycles. The molecule has 1 aliphatic heterocycles. The second-order valence-corrected chi connectivity index (χ2v) is 7.31. The minimum absolute atomic E-state index is 0.00979. The Balaban J connectivity index is 2.74. The van der Waals surface area contributed by atoms with E-state index in [-0.39, 0.29) is 18.9 Å². The molecule has 0 radical (unpaired) electrons. The molecule has 164 valence electrons. The quantitative estimate of drug-likeness (QED) is 0.483. The maximum Gasteiger partial charge on any atom is 0.317 e. The summed E-state index contributed by atoms with van der Waals surface area (Å²) in [7, 11) is 0. The number of likely N-dealkylation sites (N-methyl/N-ethyl adjacent to an activating group) is 2. The van der Waals surface area contributed by atoms with Gasteiger partial charge in [-0.2, -0.15) is 0 Å². The summed E-state index contributed by atoms with van der Waals surface area (Å²) in [5, 5.41) is 19.3. The number of ketones is 1. The van der Waals surface area contributed by atoms with Gasteiger partial charge in [-0.25, -0.2) is 0 Å². The van der Waals surface area contributed by atoms with Gasteiger partial charge >= 0.3 is 5.97 Å². The summed E-state index contributed by atoms with van der Waals surface area (Å²) in [5.41, 5.74) is 0.